The van der Waals surface area contributed by atoms with Crippen molar-refractivity contribution in [3.63, 3.8) is 0 Å². The van der Waals surface area contributed by atoms with Gasteiger partial charge in [-0.3, -0.25) is 9.20 Å². The number of carboxylic acid groups (broad SMARTS) is 1. The van der Waals surface area contributed by atoms with E-state index in [-0.39, 0.29) is 11.5 Å². The van der Waals surface area contributed by atoms with Gasteiger partial charge in [0.15, 0.2) is 0 Å². The number of fused-ring (bicyclic) bond motifs is 1. The molecule has 1 fully saturated rings. The van der Waals surface area contributed by atoms with Crippen LogP contribution in [0.3, 0.4) is 0 Å². The molecular weight excluding hydrogens is 347 g/mol. The quantitative estimate of drug-likeness (QED) is 0.767. The van der Waals surface area contributed by atoms with Gasteiger partial charge >= 0.3 is 5.97 Å². The minimum absolute atomic E-state index is 0.177. The standard InChI is InChI=1S/C21H15FN2O3/c1-11-18(14-4-2-12(9-23)3-5-14)17(22)10-24-19(11)15(13-6-7-13)8-16(20(24)25)21(26)27/h2-5,8,10,13H,6-7H2,1H3,(H,26,27). The second kappa shape index (κ2) is 6.06. The van der Waals surface area contributed by atoms with Gasteiger partial charge in [0.25, 0.3) is 5.56 Å². The van der Waals surface area contributed by atoms with Crippen LogP contribution in [-0.4, -0.2) is 15.5 Å². The molecule has 0 atom stereocenters. The van der Waals surface area contributed by atoms with Crippen LogP contribution in [0.4, 0.5) is 4.39 Å². The molecule has 1 aliphatic carbocycles. The van der Waals surface area contributed by atoms with Crippen molar-refractivity contribution in [1.82, 2.24) is 4.40 Å². The molecule has 0 bridgehead atoms. The molecular formula is C21H15FN2O3. The maximum absolute atomic E-state index is 14.9. The predicted molar refractivity (Wildman–Crippen MR) is 97.4 cm³/mol. The molecule has 0 amide bonds. The summed E-state index contributed by atoms with van der Waals surface area (Å²) in [4.78, 5) is 24.0. The van der Waals surface area contributed by atoms with Gasteiger partial charge in [-0.05, 0) is 60.6 Å². The lowest BCUT2D eigenvalue weighted by molar-refractivity contribution is 0.0694. The number of pyridine rings is 2. The van der Waals surface area contributed by atoms with Crippen LogP contribution in [0.15, 0.2) is 41.3 Å². The Hall–Kier alpha value is -3.46. The lowest BCUT2D eigenvalue weighted by atomic mass is 9.95. The molecule has 134 valence electrons. The Morgan fingerprint density at radius 3 is 2.52 bits per heavy atom. The van der Waals surface area contributed by atoms with Crippen molar-refractivity contribution >= 4 is 11.5 Å². The SMILES string of the molecule is Cc1c(-c2ccc(C#N)cc2)c(F)cn2c(=O)c(C(=O)O)cc(C3CC3)c12. The van der Waals surface area contributed by atoms with Crippen LogP contribution in [0, 0.1) is 24.1 Å². The van der Waals surface area contributed by atoms with E-state index < -0.39 is 17.3 Å². The minimum Gasteiger partial charge on any atom is -0.477 e. The monoisotopic (exact) mass is 362 g/mol. The van der Waals surface area contributed by atoms with Crippen molar-refractivity contribution in [2.45, 2.75) is 25.7 Å². The highest BCUT2D eigenvalue weighted by molar-refractivity contribution is 5.89. The molecule has 2 heterocycles. The third-order valence-electron chi connectivity index (χ3n) is 5.03. The smallest absolute Gasteiger partial charge is 0.341 e. The summed E-state index contributed by atoms with van der Waals surface area (Å²) in [6.07, 6.45) is 2.89. The highest BCUT2D eigenvalue weighted by Gasteiger charge is 2.30. The largest absolute Gasteiger partial charge is 0.477 e. The summed E-state index contributed by atoms with van der Waals surface area (Å²) in [6.45, 7) is 1.73. The summed E-state index contributed by atoms with van der Waals surface area (Å²) < 4.78 is 16.1. The van der Waals surface area contributed by atoms with E-state index in [0.29, 0.717) is 27.8 Å². The fraction of sp³-hybridized carbons (Fsp3) is 0.190. The number of hydrogen-bond donors (Lipinski definition) is 1. The summed E-state index contributed by atoms with van der Waals surface area (Å²) in [5.74, 6) is -1.75. The van der Waals surface area contributed by atoms with E-state index in [4.69, 9.17) is 5.26 Å². The van der Waals surface area contributed by atoms with Gasteiger partial charge < -0.3 is 5.11 Å². The third kappa shape index (κ3) is 2.68. The molecule has 1 saturated carbocycles. The molecule has 3 aromatic rings. The Balaban J connectivity index is 2.07. The second-order valence-electron chi connectivity index (χ2n) is 6.78. The van der Waals surface area contributed by atoms with Crippen LogP contribution < -0.4 is 5.56 Å². The van der Waals surface area contributed by atoms with Gasteiger partial charge in [0, 0.05) is 11.8 Å². The van der Waals surface area contributed by atoms with Gasteiger partial charge in [0.05, 0.1) is 17.1 Å². The zero-order valence-electron chi connectivity index (χ0n) is 14.5. The number of benzene rings is 1. The molecule has 1 aromatic carbocycles. The summed E-state index contributed by atoms with van der Waals surface area (Å²) >= 11 is 0. The summed E-state index contributed by atoms with van der Waals surface area (Å²) in [6, 6.07) is 10.0. The zero-order chi connectivity index (χ0) is 19.3. The Morgan fingerprint density at radius 2 is 1.96 bits per heavy atom. The van der Waals surface area contributed by atoms with Crippen molar-refractivity contribution in [3.8, 4) is 17.2 Å². The normalized spacial score (nSPS) is 13.5. The highest BCUT2D eigenvalue weighted by Crippen LogP contribution is 2.43. The van der Waals surface area contributed by atoms with E-state index in [2.05, 4.69) is 0 Å². The molecule has 2 aromatic heterocycles. The van der Waals surface area contributed by atoms with E-state index in [9.17, 15) is 19.1 Å². The average molecular weight is 362 g/mol. The number of aromatic nitrogens is 1. The first-order valence-corrected chi connectivity index (χ1v) is 8.54. The Morgan fingerprint density at radius 1 is 1.30 bits per heavy atom. The molecule has 1 aliphatic rings. The molecule has 0 saturated heterocycles. The number of carboxylic acids is 1. The first kappa shape index (κ1) is 17.0. The van der Waals surface area contributed by atoms with Crippen molar-refractivity contribution in [3.05, 3.63) is 75.0 Å². The lowest BCUT2D eigenvalue weighted by Crippen LogP contribution is -2.24. The van der Waals surface area contributed by atoms with Crippen LogP contribution in [0.2, 0.25) is 0 Å². The third-order valence-corrected chi connectivity index (χ3v) is 5.03. The van der Waals surface area contributed by atoms with Crippen molar-refractivity contribution in [2.24, 2.45) is 0 Å². The van der Waals surface area contributed by atoms with E-state index in [0.717, 1.165) is 29.0 Å². The van der Waals surface area contributed by atoms with Crippen LogP contribution in [0.1, 0.15) is 45.8 Å². The number of nitriles is 1. The molecule has 27 heavy (non-hydrogen) atoms. The maximum atomic E-state index is 14.9. The second-order valence-corrected chi connectivity index (χ2v) is 6.78. The summed E-state index contributed by atoms with van der Waals surface area (Å²) in [5.41, 5.74) is 2.24. The number of nitrogens with zero attached hydrogens (tertiary/aromatic N) is 2. The minimum atomic E-state index is -1.31. The van der Waals surface area contributed by atoms with Crippen molar-refractivity contribution in [2.75, 3.05) is 0 Å². The van der Waals surface area contributed by atoms with Gasteiger partial charge in [0.2, 0.25) is 0 Å². The number of aromatic carboxylic acids is 1. The Labute approximate surface area is 153 Å². The van der Waals surface area contributed by atoms with Crippen LogP contribution in [0.25, 0.3) is 16.6 Å². The van der Waals surface area contributed by atoms with Gasteiger partial charge in [-0.2, -0.15) is 5.26 Å². The number of rotatable bonds is 3. The molecule has 5 nitrogen and oxygen atoms in total. The zero-order valence-corrected chi connectivity index (χ0v) is 14.5. The first-order valence-electron chi connectivity index (χ1n) is 8.54. The predicted octanol–water partition coefficient (Wildman–Crippen LogP) is 3.86. The first-order chi connectivity index (χ1) is 12.9. The highest BCUT2D eigenvalue weighted by atomic mass is 19.1. The lowest BCUT2D eigenvalue weighted by Gasteiger charge is -2.16. The van der Waals surface area contributed by atoms with Crippen molar-refractivity contribution in [1.29, 1.82) is 5.26 Å². The van der Waals surface area contributed by atoms with E-state index in [1.165, 1.54) is 6.07 Å². The number of aryl methyl sites for hydroxylation is 1. The van der Waals surface area contributed by atoms with Crippen LogP contribution in [0.5, 0.6) is 0 Å². The number of halogens is 1. The molecule has 0 aliphatic heterocycles. The molecule has 0 spiro atoms. The Bertz CT molecular complexity index is 1200. The molecule has 0 unspecified atom stereocenters. The van der Waals surface area contributed by atoms with E-state index in [1.54, 1.807) is 31.2 Å². The average Bonchev–Trinajstić information content (AvgIpc) is 3.48. The topological polar surface area (TPSA) is 82.6 Å². The molecule has 0 radical (unpaired) electrons. The van der Waals surface area contributed by atoms with E-state index in [1.807, 2.05) is 6.07 Å². The molecule has 1 N–H and O–H groups in total. The summed E-state index contributed by atoms with van der Waals surface area (Å²) in [7, 11) is 0. The van der Waals surface area contributed by atoms with Crippen LogP contribution >= 0.6 is 0 Å². The molecule has 6 heteroatoms. The summed E-state index contributed by atoms with van der Waals surface area (Å²) in [5, 5.41) is 18.3. The van der Waals surface area contributed by atoms with E-state index >= 15 is 0 Å². The van der Waals surface area contributed by atoms with Gasteiger partial charge in [-0.25, -0.2) is 9.18 Å². The Kier molecular flexibility index (Phi) is 3.81. The maximum Gasteiger partial charge on any atom is 0.341 e. The van der Waals surface area contributed by atoms with Crippen LogP contribution in [-0.2, 0) is 0 Å². The van der Waals surface area contributed by atoms with Crippen molar-refractivity contribution < 1.29 is 14.3 Å². The number of hydrogen-bond acceptors (Lipinski definition) is 3. The fourth-order valence-electron chi connectivity index (χ4n) is 3.58. The fourth-order valence-corrected chi connectivity index (χ4v) is 3.58. The number of carbonyl (C=O) groups is 1. The van der Waals surface area contributed by atoms with Gasteiger partial charge in [-0.1, -0.05) is 12.1 Å². The molecule has 4 rings (SSSR count). The van der Waals surface area contributed by atoms with Gasteiger partial charge in [0.1, 0.15) is 11.4 Å². The van der Waals surface area contributed by atoms with Gasteiger partial charge in [-0.15, -0.1) is 0 Å².